The van der Waals surface area contributed by atoms with E-state index in [1.807, 2.05) is 11.3 Å². The Hall–Kier alpha value is -0.340. The van der Waals surface area contributed by atoms with Gasteiger partial charge >= 0.3 is 0 Å². The molecule has 1 aromatic rings. The van der Waals surface area contributed by atoms with Crippen molar-refractivity contribution in [1.82, 2.24) is 5.32 Å². The van der Waals surface area contributed by atoms with E-state index in [2.05, 4.69) is 36.7 Å². The first-order valence-corrected chi connectivity index (χ1v) is 8.03. The van der Waals surface area contributed by atoms with Gasteiger partial charge in [-0.2, -0.15) is 0 Å². The molecule has 0 aliphatic rings. The normalized spacial score (nSPS) is 12.8. The van der Waals surface area contributed by atoms with Gasteiger partial charge in [-0.25, -0.2) is 0 Å². The van der Waals surface area contributed by atoms with Crippen LogP contribution >= 0.6 is 11.3 Å². The van der Waals surface area contributed by atoms with Crippen molar-refractivity contribution in [3.63, 3.8) is 0 Å². The average Bonchev–Trinajstić information content (AvgIpc) is 2.86. The molecule has 0 aliphatic carbocycles. The quantitative estimate of drug-likeness (QED) is 0.569. The third-order valence-corrected chi connectivity index (χ3v) is 4.17. The maximum atomic E-state index is 3.60. The highest BCUT2D eigenvalue weighted by Crippen LogP contribution is 2.24. The van der Waals surface area contributed by atoms with Crippen LogP contribution in [0, 0.1) is 0 Å². The van der Waals surface area contributed by atoms with E-state index in [1.165, 1.54) is 49.8 Å². The first kappa shape index (κ1) is 14.7. The lowest BCUT2D eigenvalue weighted by molar-refractivity contribution is 0.482. The molecule has 0 amide bonds. The topological polar surface area (TPSA) is 12.0 Å². The van der Waals surface area contributed by atoms with Crippen molar-refractivity contribution >= 4 is 11.3 Å². The zero-order chi connectivity index (χ0) is 12.3. The number of hydrogen-bond donors (Lipinski definition) is 1. The van der Waals surface area contributed by atoms with Gasteiger partial charge in [0.1, 0.15) is 0 Å². The van der Waals surface area contributed by atoms with Gasteiger partial charge in [0.05, 0.1) is 0 Å². The molecule has 1 atom stereocenters. The van der Waals surface area contributed by atoms with Crippen LogP contribution in [0.1, 0.15) is 69.7 Å². The SMILES string of the molecule is CCCCCCCCC(NCC)c1cccs1. The van der Waals surface area contributed by atoms with Crippen LogP contribution in [0.15, 0.2) is 17.5 Å². The van der Waals surface area contributed by atoms with E-state index in [4.69, 9.17) is 0 Å². The van der Waals surface area contributed by atoms with Crippen molar-refractivity contribution in [2.24, 2.45) is 0 Å². The molecule has 1 nitrogen and oxygen atoms in total. The number of rotatable bonds is 10. The van der Waals surface area contributed by atoms with Crippen molar-refractivity contribution < 1.29 is 0 Å². The molecule has 1 aromatic heterocycles. The van der Waals surface area contributed by atoms with Crippen molar-refractivity contribution in [3.05, 3.63) is 22.4 Å². The van der Waals surface area contributed by atoms with Gasteiger partial charge in [-0.1, -0.05) is 58.4 Å². The minimum absolute atomic E-state index is 0.589. The van der Waals surface area contributed by atoms with Crippen LogP contribution < -0.4 is 5.32 Å². The summed E-state index contributed by atoms with van der Waals surface area (Å²) in [5, 5.41) is 5.78. The first-order valence-electron chi connectivity index (χ1n) is 7.15. The molecule has 0 spiro atoms. The smallest absolute Gasteiger partial charge is 0.0414 e. The molecular formula is C15H27NS. The highest BCUT2D eigenvalue weighted by molar-refractivity contribution is 7.10. The second-order valence-corrected chi connectivity index (χ2v) is 5.66. The Balaban J connectivity index is 2.17. The van der Waals surface area contributed by atoms with Gasteiger partial charge in [-0.3, -0.25) is 0 Å². The largest absolute Gasteiger partial charge is 0.310 e. The van der Waals surface area contributed by atoms with Crippen LogP contribution in [0.25, 0.3) is 0 Å². The molecule has 1 heterocycles. The maximum absolute atomic E-state index is 3.60. The van der Waals surface area contributed by atoms with Crippen LogP contribution in [0.2, 0.25) is 0 Å². The van der Waals surface area contributed by atoms with Crippen LogP contribution in [0.3, 0.4) is 0 Å². The lowest BCUT2D eigenvalue weighted by Gasteiger charge is -2.16. The number of nitrogens with one attached hydrogen (secondary N) is 1. The summed E-state index contributed by atoms with van der Waals surface area (Å²) in [7, 11) is 0. The van der Waals surface area contributed by atoms with Gasteiger partial charge in [0.2, 0.25) is 0 Å². The number of hydrogen-bond acceptors (Lipinski definition) is 2. The first-order chi connectivity index (χ1) is 8.38. The Labute approximate surface area is 111 Å². The molecule has 0 fully saturated rings. The summed E-state index contributed by atoms with van der Waals surface area (Å²) in [5.74, 6) is 0. The highest BCUT2D eigenvalue weighted by atomic mass is 32.1. The Bertz CT molecular complexity index is 256. The summed E-state index contributed by atoms with van der Waals surface area (Å²) >= 11 is 1.88. The predicted octanol–water partition coefficient (Wildman–Crippen LogP) is 5.15. The Kier molecular flexibility index (Phi) is 8.37. The summed E-state index contributed by atoms with van der Waals surface area (Å²) in [6, 6.07) is 5.01. The maximum Gasteiger partial charge on any atom is 0.0414 e. The second-order valence-electron chi connectivity index (χ2n) is 4.68. The van der Waals surface area contributed by atoms with Crippen molar-refractivity contribution in [1.29, 1.82) is 0 Å². The minimum atomic E-state index is 0.589. The Morgan fingerprint density at radius 2 is 1.88 bits per heavy atom. The van der Waals surface area contributed by atoms with Gasteiger partial charge in [-0.05, 0) is 24.4 Å². The number of thiophene rings is 1. The van der Waals surface area contributed by atoms with Gasteiger partial charge in [-0.15, -0.1) is 11.3 Å². The summed E-state index contributed by atoms with van der Waals surface area (Å²) in [4.78, 5) is 1.50. The van der Waals surface area contributed by atoms with Gasteiger partial charge in [0, 0.05) is 10.9 Å². The van der Waals surface area contributed by atoms with Gasteiger partial charge < -0.3 is 5.32 Å². The molecule has 0 radical (unpaired) electrons. The molecule has 0 aliphatic heterocycles. The molecule has 0 saturated carbocycles. The molecule has 1 rings (SSSR count). The average molecular weight is 253 g/mol. The molecule has 1 unspecified atom stereocenters. The van der Waals surface area contributed by atoms with Gasteiger partial charge in [0.25, 0.3) is 0 Å². The fourth-order valence-electron chi connectivity index (χ4n) is 2.21. The second kappa shape index (κ2) is 9.67. The van der Waals surface area contributed by atoms with E-state index in [1.54, 1.807) is 0 Å². The van der Waals surface area contributed by atoms with E-state index in [0.29, 0.717) is 6.04 Å². The van der Waals surface area contributed by atoms with Crippen molar-refractivity contribution in [3.8, 4) is 0 Å². The van der Waals surface area contributed by atoms with Crippen LogP contribution in [0.4, 0.5) is 0 Å². The highest BCUT2D eigenvalue weighted by Gasteiger charge is 2.10. The van der Waals surface area contributed by atoms with Crippen LogP contribution in [-0.2, 0) is 0 Å². The Morgan fingerprint density at radius 3 is 2.53 bits per heavy atom. The van der Waals surface area contributed by atoms with E-state index in [0.717, 1.165) is 6.54 Å². The minimum Gasteiger partial charge on any atom is -0.310 e. The summed E-state index contributed by atoms with van der Waals surface area (Å²) in [5.41, 5.74) is 0. The number of unbranched alkanes of at least 4 members (excludes halogenated alkanes) is 5. The zero-order valence-corrected chi connectivity index (χ0v) is 12.2. The fourth-order valence-corrected chi connectivity index (χ4v) is 3.05. The molecule has 98 valence electrons. The van der Waals surface area contributed by atoms with E-state index in [9.17, 15) is 0 Å². The summed E-state index contributed by atoms with van der Waals surface area (Å²) in [6.45, 7) is 5.54. The lowest BCUT2D eigenvalue weighted by Crippen LogP contribution is -2.19. The molecule has 2 heteroatoms. The predicted molar refractivity (Wildman–Crippen MR) is 78.7 cm³/mol. The molecule has 1 N–H and O–H groups in total. The summed E-state index contributed by atoms with van der Waals surface area (Å²) in [6.07, 6.45) is 9.63. The van der Waals surface area contributed by atoms with Gasteiger partial charge in [0.15, 0.2) is 0 Å². The monoisotopic (exact) mass is 253 g/mol. The molecular weight excluding hydrogens is 226 g/mol. The third-order valence-electron chi connectivity index (χ3n) is 3.18. The molecule has 0 saturated heterocycles. The summed E-state index contributed by atoms with van der Waals surface area (Å²) < 4.78 is 0. The standard InChI is InChI=1S/C15H27NS/c1-3-5-6-7-8-9-11-14(16-4-2)15-12-10-13-17-15/h10,12-14,16H,3-9,11H2,1-2H3. The third kappa shape index (κ3) is 6.23. The lowest BCUT2D eigenvalue weighted by atomic mass is 10.0. The molecule has 17 heavy (non-hydrogen) atoms. The molecule has 0 bridgehead atoms. The Morgan fingerprint density at radius 1 is 1.12 bits per heavy atom. The fraction of sp³-hybridized carbons (Fsp3) is 0.733. The van der Waals surface area contributed by atoms with Crippen LogP contribution in [0.5, 0.6) is 0 Å². The van der Waals surface area contributed by atoms with E-state index < -0.39 is 0 Å². The molecule has 0 aromatic carbocycles. The van der Waals surface area contributed by atoms with E-state index >= 15 is 0 Å². The van der Waals surface area contributed by atoms with Crippen LogP contribution in [-0.4, -0.2) is 6.54 Å². The van der Waals surface area contributed by atoms with Crippen molar-refractivity contribution in [2.45, 2.75) is 64.8 Å². The van der Waals surface area contributed by atoms with E-state index in [-0.39, 0.29) is 0 Å². The zero-order valence-electron chi connectivity index (χ0n) is 11.4. The van der Waals surface area contributed by atoms with Crippen molar-refractivity contribution in [2.75, 3.05) is 6.54 Å².